The highest BCUT2D eigenvalue weighted by Gasteiger charge is 2.41. The van der Waals surface area contributed by atoms with Crippen LogP contribution in [0.4, 0.5) is 11.4 Å². The molecule has 1 aromatic rings. The summed E-state index contributed by atoms with van der Waals surface area (Å²) in [6.45, 7) is 15.6. The molecular weight excluding hydrogens is 396 g/mol. The highest BCUT2D eigenvalue weighted by atomic mass is 16.2. The van der Waals surface area contributed by atoms with Crippen LogP contribution < -0.4 is 9.80 Å². The van der Waals surface area contributed by atoms with Gasteiger partial charge < -0.3 is 14.7 Å². The molecule has 0 aromatic heterocycles. The van der Waals surface area contributed by atoms with Gasteiger partial charge in [0.15, 0.2) is 0 Å². The summed E-state index contributed by atoms with van der Waals surface area (Å²) in [5, 5.41) is 0. The number of carbonyl (C=O) groups is 1. The zero-order valence-electron chi connectivity index (χ0n) is 20.6. The number of carbonyl (C=O) groups excluding carboxylic acids is 1. The van der Waals surface area contributed by atoms with Crippen LogP contribution in [-0.4, -0.2) is 73.1 Å². The van der Waals surface area contributed by atoms with E-state index in [0.29, 0.717) is 23.9 Å². The summed E-state index contributed by atoms with van der Waals surface area (Å²) >= 11 is 0. The van der Waals surface area contributed by atoms with E-state index in [9.17, 15) is 4.79 Å². The average Bonchev–Trinajstić information content (AvgIpc) is 3.43. The van der Waals surface area contributed by atoms with Crippen molar-refractivity contribution in [3.63, 3.8) is 0 Å². The molecule has 4 aliphatic heterocycles. The lowest BCUT2D eigenvalue weighted by atomic mass is 9.79. The molecule has 0 saturated carbocycles. The number of piperidine rings is 2. The number of aryl methyl sites for hydroxylation is 1. The summed E-state index contributed by atoms with van der Waals surface area (Å²) in [4.78, 5) is 23.4. The van der Waals surface area contributed by atoms with Gasteiger partial charge in [-0.2, -0.15) is 0 Å². The fourth-order valence-corrected chi connectivity index (χ4v) is 6.85. The molecule has 4 heterocycles. The Kier molecular flexibility index (Phi) is 6.23. The summed E-state index contributed by atoms with van der Waals surface area (Å²) in [6, 6.07) is 8.77. The van der Waals surface area contributed by atoms with Gasteiger partial charge in [-0.3, -0.25) is 9.69 Å². The van der Waals surface area contributed by atoms with E-state index < -0.39 is 0 Å². The van der Waals surface area contributed by atoms with Crippen molar-refractivity contribution < 1.29 is 4.79 Å². The molecule has 0 radical (unpaired) electrons. The van der Waals surface area contributed by atoms with E-state index in [0.717, 1.165) is 50.9 Å². The second kappa shape index (κ2) is 8.98. The number of fused-ring (bicyclic) bond motifs is 1. The van der Waals surface area contributed by atoms with E-state index in [1.165, 1.54) is 43.5 Å². The van der Waals surface area contributed by atoms with Crippen molar-refractivity contribution >= 4 is 17.3 Å². The molecule has 4 aliphatic rings. The van der Waals surface area contributed by atoms with Gasteiger partial charge in [0.1, 0.15) is 0 Å². The fraction of sp³-hybridized carbons (Fsp3) is 0.741. The third kappa shape index (κ3) is 4.07. The summed E-state index contributed by atoms with van der Waals surface area (Å²) in [5.41, 5.74) is 3.69. The van der Waals surface area contributed by atoms with Crippen LogP contribution in [-0.2, 0) is 4.79 Å². The Labute approximate surface area is 194 Å². The van der Waals surface area contributed by atoms with Crippen LogP contribution in [0.2, 0.25) is 0 Å². The number of nitrogens with zero attached hydrogens (tertiary/aromatic N) is 4. The van der Waals surface area contributed by atoms with Gasteiger partial charge in [-0.15, -0.1) is 0 Å². The van der Waals surface area contributed by atoms with Crippen molar-refractivity contribution in [3.8, 4) is 0 Å². The second-order valence-corrected chi connectivity index (χ2v) is 11.1. The van der Waals surface area contributed by atoms with Gasteiger partial charge in [0.05, 0.1) is 5.92 Å². The van der Waals surface area contributed by atoms with Gasteiger partial charge in [-0.05, 0) is 103 Å². The number of anilines is 2. The average molecular weight is 439 g/mol. The van der Waals surface area contributed by atoms with Crippen LogP contribution >= 0.6 is 0 Å². The standard InChI is InChI=1S/C27H42N4O/c1-19(2)28-13-9-22-10-15-31(27(32)25(22)18-28)26-8-7-23(16-20(26)3)29-14-11-24(17-29)30-12-5-6-21(30)4/h7-8,16,19,21-22,24-25H,5-6,9-15,17-18H2,1-4H3/t21-,22?,24-,25?/m0/s1. The number of hydrogen-bond donors (Lipinski definition) is 0. The molecule has 1 amide bonds. The summed E-state index contributed by atoms with van der Waals surface area (Å²) in [5.74, 6) is 1.09. The molecule has 32 heavy (non-hydrogen) atoms. The van der Waals surface area contributed by atoms with Crippen LogP contribution in [0.1, 0.15) is 58.4 Å². The van der Waals surface area contributed by atoms with Crippen molar-refractivity contribution in [3.05, 3.63) is 23.8 Å². The minimum absolute atomic E-state index is 0.167. The summed E-state index contributed by atoms with van der Waals surface area (Å²) < 4.78 is 0. The monoisotopic (exact) mass is 438 g/mol. The molecule has 0 aliphatic carbocycles. The molecule has 5 nitrogen and oxygen atoms in total. The largest absolute Gasteiger partial charge is 0.370 e. The van der Waals surface area contributed by atoms with Crippen molar-refractivity contribution in [2.45, 2.75) is 77.9 Å². The van der Waals surface area contributed by atoms with Crippen LogP contribution in [0.5, 0.6) is 0 Å². The highest BCUT2D eigenvalue weighted by Crippen LogP contribution is 2.37. The first-order chi connectivity index (χ1) is 15.4. The van der Waals surface area contributed by atoms with E-state index in [-0.39, 0.29) is 5.92 Å². The van der Waals surface area contributed by atoms with Gasteiger partial charge in [0.25, 0.3) is 0 Å². The zero-order valence-corrected chi connectivity index (χ0v) is 20.6. The van der Waals surface area contributed by atoms with E-state index >= 15 is 0 Å². The molecule has 4 atom stereocenters. The normalized spacial score (nSPS) is 32.2. The molecule has 176 valence electrons. The molecule has 0 bridgehead atoms. The maximum absolute atomic E-state index is 13.5. The number of rotatable bonds is 4. The molecule has 5 heteroatoms. The smallest absolute Gasteiger partial charge is 0.231 e. The minimum Gasteiger partial charge on any atom is -0.370 e. The van der Waals surface area contributed by atoms with E-state index in [1.54, 1.807) is 0 Å². The zero-order chi connectivity index (χ0) is 22.4. The van der Waals surface area contributed by atoms with Gasteiger partial charge in [-0.1, -0.05) is 0 Å². The van der Waals surface area contributed by atoms with Gasteiger partial charge in [-0.25, -0.2) is 0 Å². The Balaban J connectivity index is 1.28. The first-order valence-electron chi connectivity index (χ1n) is 13.1. The van der Waals surface area contributed by atoms with Crippen molar-refractivity contribution in [2.75, 3.05) is 49.1 Å². The molecule has 0 spiro atoms. The number of amides is 1. The first kappa shape index (κ1) is 22.2. The lowest BCUT2D eigenvalue weighted by molar-refractivity contribution is -0.128. The number of benzene rings is 1. The Hall–Kier alpha value is -1.59. The van der Waals surface area contributed by atoms with Crippen molar-refractivity contribution in [1.29, 1.82) is 0 Å². The minimum atomic E-state index is 0.167. The van der Waals surface area contributed by atoms with Crippen LogP contribution in [0.15, 0.2) is 18.2 Å². The number of hydrogen-bond acceptors (Lipinski definition) is 4. The van der Waals surface area contributed by atoms with Crippen LogP contribution in [0.25, 0.3) is 0 Å². The van der Waals surface area contributed by atoms with Gasteiger partial charge >= 0.3 is 0 Å². The Morgan fingerprint density at radius 1 is 0.969 bits per heavy atom. The lowest BCUT2D eigenvalue weighted by Gasteiger charge is -2.45. The first-order valence-corrected chi connectivity index (χ1v) is 13.1. The van der Waals surface area contributed by atoms with E-state index in [2.05, 4.69) is 65.5 Å². The van der Waals surface area contributed by atoms with Crippen molar-refractivity contribution in [1.82, 2.24) is 9.80 Å². The maximum Gasteiger partial charge on any atom is 0.231 e. The third-order valence-corrected chi connectivity index (χ3v) is 8.90. The van der Waals surface area contributed by atoms with E-state index in [4.69, 9.17) is 0 Å². The number of likely N-dealkylation sites (tertiary alicyclic amines) is 2. The Morgan fingerprint density at radius 3 is 2.50 bits per heavy atom. The molecule has 1 aromatic carbocycles. The Morgan fingerprint density at radius 2 is 1.78 bits per heavy atom. The summed E-state index contributed by atoms with van der Waals surface area (Å²) in [6.07, 6.45) is 6.29. The topological polar surface area (TPSA) is 30.0 Å². The van der Waals surface area contributed by atoms with Gasteiger partial charge in [0.2, 0.25) is 5.91 Å². The molecule has 4 fully saturated rings. The molecule has 5 rings (SSSR count). The highest BCUT2D eigenvalue weighted by molar-refractivity contribution is 5.97. The van der Waals surface area contributed by atoms with Gasteiger partial charge in [0, 0.05) is 55.7 Å². The quantitative estimate of drug-likeness (QED) is 0.707. The van der Waals surface area contributed by atoms with Crippen LogP contribution in [0.3, 0.4) is 0 Å². The third-order valence-electron chi connectivity index (χ3n) is 8.90. The molecule has 0 N–H and O–H groups in total. The SMILES string of the molecule is Cc1cc(N2CC[C@H](N3CCC[C@@H]3C)C2)ccc1N1CCC2CCN(C(C)C)CC2C1=O. The fourth-order valence-electron chi connectivity index (χ4n) is 6.85. The second-order valence-electron chi connectivity index (χ2n) is 11.1. The van der Waals surface area contributed by atoms with Crippen molar-refractivity contribution in [2.24, 2.45) is 11.8 Å². The maximum atomic E-state index is 13.5. The van der Waals surface area contributed by atoms with Crippen LogP contribution in [0, 0.1) is 18.8 Å². The predicted octanol–water partition coefficient (Wildman–Crippen LogP) is 4.14. The predicted molar refractivity (Wildman–Crippen MR) is 132 cm³/mol. The summed E-state index contributed by atoms with van der Waals surface area (Å²) in [7, 11) is 0. The molecule has 2 unspecified atom stereocenters. The van der Waals surface area contributed by atoms with E-state index in [1.807, 2.05) is 0 Å². The molecular formula is C27H42N4O. The lowest BCUT2D eigenvalue weighted by Crippen LogP contribution is -2.54. The Bertz CT molecular complexity index is 839. The molecule has 4 saturated heterocycles.